The summed E-state index contributed by atoms with van der Waals surface area (Å²) in [5, 5.41) is 11.0. The van der Waals surface area contributed by atoms with E-state index < -0.39 is 17.4 Å². The molecule has 0 aliphatic carbocycles. The van der Waals surface area contributed by atoms with Crippen LogP contribution in [0.25, 0.3) is 0 Å². The third kappa shape index (κ3) is 3.41. The maximum atomic E-state index is 12.1. The van der Waals surface area contributed by atoms with Crippen LogP contribution >= 0.6 is 15.9 Å². The molecule has 0 N–H and O–H groups in total. The fourth-order valence-electron chi connectivity index (χ4n) is 2.24. The van der Waals surface area contributed by atoms with E-state index >= 15 is 0 Å². The lowest BCUT2D eigenvalue weighted by Crippen LogP contribution is -2.20. The predicted octanol–water partition coefficient (Wildman–Crippen LogP) is 2.66. The summed E-state index contributed by atoms with van der Waals surface area (Å²) >= 11 is 3.37. The van der Waals surface area contributed by atoms with Gasteiger partial charge in [-0.15, -0.1) is 0 Å². The molecular weight excluding hydrogens is 342 g/mol. The highest BCUT2D eigenvalue weighted by molar-refractivity contribution is 9.10. The Hall–Kier alpha value is -1.89. The lowest BCUT2D eigenvalue weighted by molar-refractivity contribution is -0.481. The van der Waals surface area contributed by atoms with E-state index in [2.05, 4.69) is 15.9 Å². The molecule has 1 aromatic rings. The Kier molecular flexibility index (Phi) is 4.95. The van der Waals surface area contributed by atoms with Crippen LogP contribution in [-0.2, 0) is 14.3 Å². The van der Waals surface area contributed by atoms with Crippen molar-refractivity contribution in [2.45, 2.75) is 12.8 Å². The number of carbonyl (C=O) groups excluding carboxylic acids is 1. The molecule has 0 unspecified atom stereocenters. The third-order valence-electron chi connectivity index (χ3n) is 3.09. The second-order valence-corrected chi connectivity index (χ2v) is 5.29. The van der Waals surface area contributed by atoms with E-state index in [1.165, 1.54) is 0 Å². The van der Waals surface area contributed by atoms with Gasteiger partial charge in [0.1, 0.15) is 0 Å². The van der Waals surface area contributed by atoms with Crippen LogP contribution in [0.4, 0.5) is 0 Å². The average Bonchev–Trinajstić information content (AvgIpc) is 2.78. The van der Waals surface area contributed by atoms with Crippen molar-refractivity contribution < 1.29 is 19.2 Å². The largest absolute Gasteiger partial charge is 0.465 e. The van der Waals surface area contributed by atoms with Gasteiger partial charge in [0, 0.05) is 9.40 Å². The Balaban J connectivity index is 2.49. The molecule has 0 bridgehead atoms. The highest BCUT2D eigenvalue weighted by atomic mass is 79.9. The zero-order valence-electron chi connectivity index (χ0n) is 11.4. The van der Waals surface area contributed by atoms with Crippen molar-refractivity contribution in [3.05, 3.63) is 55.9 Å². The molecule has 0 amide bonds. The van der Waals surface area contributed by atoms with Crippen molar-refractivity contribution in [1.29, 1.82) is 0 Å². The number of Topliss-reactive ketones (excluding diaryl/α,β-unsaturated/α-hetero) is 1. The number of nitrogens with zero attached hydrogens (tertiary/aromatic N) is 1. The molecule has 7 heteroatoms. The van der Waals surface area contributed by atoms with Gasteiger partial charge < -0.3 is 9.47 Å². The first-order valence-corrected chi connectivity index (χ1v) is 7.23. The van der Waals surface area contributed by atoms with Crippen LogP contribution in [0.2, 0.25) is 0 Å². The SMILES string of the molecule is CCOC1=C([C@H](C[N+](=O)[O-])c2ccccc2Br)C(=O)CO1. The summed E-state index contributed by atoms with van der Waals surface area (Å²) in [5.41, 5.74) is 0.903. The number of rotatable bonds is 6. The summed E-state index contributed by atoms with van der Waals surface area (Å²) in [6.07, 6.45) is 0. The summed E-state index contributed by atoms with van der Waals surface area (Å²) in [4.78, 5) is 22.6. The van der Waals surface area contributed by atoms with Crippen molar-refractivity contribution in [2.24, 2.45) is 0 Å². The molecule has 1 aliphatic heterocycles. The Labute approximate surface area is 130 Å². The summed E-state index contributed by atoms with van der Waals surface area (Å²) in [5.74, 6) is -0.877. The van der Waals surface area contributed by atoms with E-state index in [1.54, 1.807) is 25.1 Å². The summed E-state index contributed by atoms with van der Waals surface area (Å²) in [6, 6.07) is 7.11. The number of ether oxygens (including phenoxy) is 2. The average molecular weight is 356 g/mol. The van der Waals surface area contributed by atoms with Crippen molar-refractivity contribution in [2.75, 3.05) is 19.8 Å². The molecule has 6 nitrogen and oxygen atoms in total. The van der Waals surface area contributed by atoms with Crippen LogP contribution in [-0.4, -0.2) is 30.5 Å². The highest BCUT2D eigenvalue weighted by Gasteiger charge is 2.37. The molecule has 2 rings (SSSR count). The predicted molar refractivity (Wildman–Crippen MR) is 78.4 cm³/mol. The number of halogens is 1. The maximum Gasteiger partial charge on any atom is 0.287 e. The minimum atomic E-state index is -0.702. The van der Waals surface area contributed by atoms with Crippen LogP contribution in [0.5, 0.6) is 0 Å². The molecule has 0 radical (unpaired) electrons. The highest BCUT2D eigenvalue weighted by Crippen LogP contribution is 2.35. The second kappa shape index (κ2) is 6.71. The van der Waals surface area contributed by atoms with Crippen molar-refractivity contribution in [3.8, 4) is 0 Å². The number of carbonyl (C=O) groups is 1. The first kappa shape index (κ1) is 15.5. The monoisotopic (exact) mass is 355 g/mol. The van der Waals surface area contributed by atoms with Gasteiger partial charge in [0.25, 0.3) is 5.95 Å². The topological polar surface area (TPSA) is 78.7 Å². The zero-order chi connectivity index (χ0) is 15.4. The molecule has 112 valence electrons. The Morgan fingerprint density at radius 2 is 2.19 bits per heavy atom. The molecular formula is C14H14BrNO5. The van der Waals surface area contributed by atoms with Crippen molar-refractivity contribution in [3.63, 3.8) is 0 Å². The summed E-state index contributed by atoms with van der Waals surface area (Å²) < 4.78 is 11.2. The number of hydrogen-bond donors (Lipinski definition) is 0. The Morgan fingerprint density at radius 1 is 1.48 bits per heavy atom. The molecule has 0 fully saturated rings. The Bertz CT molecular complexity index is 599. The Morgan fingerprint density at radius 3 is 2.81 bits per heavy atom. The van der Waals surface area contributed by atoms with Gasteiger partial charge in [0.05, 0.1) is 18.1 Å². The van der Waals surface area contributed by atoms with E-state index in [4.69, 9.17) is 9.47 Å². The van der Waals surface area contributed by atoms with Gasteiger partial charge in [-0.1, -0.05) is 34.1 Å². The van der Waals surface area contributed by atoms with Crippen molar-refractivity contribution >= 4 is 21.7 Å². The second-order valence-electron chi connectivity index (χ2n) is 4.44. The van der Waals surface area contributed by atoms with Crippen LogP contribution in [0.15, 0.2) is 40.3 Å². The van der Waals surface area contributed by atoms with Crippen LogP contribution in [0, 0.1) is 10.1 Å². The minimum Gasteiger partial charge on any atom is -0.465 e. The maximum absolute atomic E-state index is 12.1. The van der Waals surface area contributed by atoms with Gasteiger partial charge in [-0.2, -0.15) is 0 Å². The zero-order valence-corrected chi connectivity index (χ0v) is 13.0. The van der Waals surface area contributed by atoms with E-state index in [1.807, 2.05) is 6.07 Å². The number of benzene rings is 1. The first-order valence-electron chi connectivity index (χ1n) is 6.43. The minimum absolute atomic E-state index is 0.102. The fourth-order valence-corrected chi connectivity index (χ4v) is 2.80. The molecule has 1 atom stereocenters. The number of ketones is 1. The summed E-state index contributed by atoms with van der Waals surface area (Å²) in [6.45, 7) is 1.55. The van der Waals surface area contributed by atoms with Gasteiger partial charge in [-0.05, 0) is 18.6 Å². The molecule has 1 heterocycles. The smallest absolute Gasteiger partial charge is 0.287 e. The number of nitro groups is 1. The van der Waals surface area contributed by atoms with E-state index in [0.29, 0.717) is 16.6 Å². The van der Waals surface area contributed by atoms with Gasteiger partial charge >= 0.3 is 0 Å². The summed E-state index contributed by atoms with van der Waals surface area (Å²) in [7, 11) is 0. The molecule has 0 spiro atoms. The molecule has 21 heavy (non-hydrogen) atoms. The van der Waals surface area contributed by atoms with E-state index in [9.17, 15) is 14.9 Å². The molecule has 1 aliphatic rings. The van der Waals surface area contributed by atoms with Crippen LogP contribution in [0.3, 0.4) is 0 Å². The van der Waals surface area contributed by atoms with E-state index in [0.717, 1.165) is 0 Å². The molecule has 0 aromatic heterocycles. The van der Waals surface area contributed by atoms with Gasteiger partial charge in [0.2, 0.25) is 12.3 Å². The molecule has 0 saturated carbocycles. The lowest BCUT2D eigenvalue weighted by Gasteiger charge is -2.15. The standard InChI is InChI=1S/C14H14BrNO5/c1-2-20-14-13(12(17)8-21-14)10(7-16(18)19)9-5-3-4-6-11(9)15/h3-6,10H,2,7-8H2,1H3/t10-/m1/s1. The van der Waals surface area contributed by atoms with E-state index in [-0.39, 0.29) is 23.9 Å². The molecule has 0 saturated heterocycles. The fraction of sp³-hybridized carbons (Fsp3) is 0.357. The molecule has 1 aromatic carbocycles. The van der Waals surface area contributed by atoms with Crippen molar-refractivity contribution in [1.82, 2.24) is 0 Å². The van der Waals surface area contributed by atoms with Gasteiger partial charge in [0.15, 0.2) is 6.61 Å². The van der Waals surface area contributed by atoms with Crippen LogP contribution < -0.4 is 0 Å². The normalized spacial score (nSPS) is 15.8. The number of hydrogen-bond acceptors (Lipinski definition) is 5. The van der Waals surface area contributed by atoms with Gasteiger partial charge in [-0.3, -0.25) is 14.9 Å². The quantitative estimate of drug-likeness (QED) is 0.578. The lowest BCUT2D eigenvalue weighted by atomic mass is 9.89. The first-order chi connectivity index (χ1) is 10.0. The van der Waals surface area contributed by atoms with Crippen LogP contribution in [0.1, 0.15) is 18.4 Å². The third-order valence-corrected chi connectivity index (χ3v) is 3.81. The van der Waals surface area contributed by atoms with Gasteiger partial charge in [-0.25, -0.2) is 0 Å².